The molecule has 146 valence electrons. The highest BCUT2D eigenvalue weighted by molar-refractivity contribution is 7.98. The van der Waals surface area contributed by atoms with Gasteiger partial charge in [-0.25, -0.2) is 4.39 Å². The number of fused-ring (bicyclic) bond motifs is 1. The molecule has 27 heavy (non-hydrogen) atoms. The van der Waals surface area contributed by atoms with Crippen molar-refractivity contribution in [1.82, 2.24) is 10.2 Å². The number of likely N-dealkylation sites (tertiary alicyclic amines) is 1. The number of halogens is 1. The average Bonchev–Trinajstić information content (AvgIpc) is 2.92. The number of thioether (sulfide) groups is 1. The first-order chi connectivity index (χ1) is 13.1. The zero-order valence-corrected chi connectivity index (χ0v) is 16.1. The summed E-state index contributed by atoms with van der Waals surface area (Å²) < 4.78 is 13.5. The van der Waals surface area contributed by atoms with Gasteiger partial charge in [0.15, 0.2) is 0 Å². The molecule has 1 N–H and O–H groups in total. The maximum atomic E-state index is 13.5. The van der Waals surface area contributed by atoms with Crippen molar-refractivity contribution in [2.45, 2.75) is 37.9 Å². The van der Waals surface area contributed by atoms with Crippen LogP contribution in [0.4, 0.5) is 4.39 Å². The number of benzene rings is 1. The quantitative estimate of drug-likeness (QED) is 0.546. The van der Waals surface area contributed by atoms with Gasteiger partial charge < -0.3 is 5.32 Å². The number of nitrogens with zero attached hydrogens (tertiary/aromatic N) is 1. The second-order valence-electron chi connectivity index (χ2n) is 7.07. The number of carbonyl (C=O) groups excluding carboxylic acids is 3. The van der Waals surface area contributed by atoms with Crippen molar-refractivity contribution >= 4 is 29.5 Å². The van der Waals surface area contributed by atoms with Gasteiger partial charge in [0.1, 0.15) is 5.82 Å². The molecule has 0 spiro atoms. The van der Waals surface area contributed by atoms with Gasteiger partial charge in [-0.05, 0) is 24.5 Å². The number of amides is 3. The zero-order chi connectivity index (χ0) is 19.2. The highest BCUT2D eigenvalue weighted by Crippen LogP contribution is 2.37. The molecule has 3 amide bonds. The second-order valence-corrected chi connectivity index (χ2v) is 8.17. The minimum absolute atomic E-state index is 0.0991. The minimum atomic E-state index is -0.213. The van der Waals surface area contributed by atoms with Gasteiger partial charge in [0.25, 0.3) is 0 Å². The molecular weight excluding hydrogens is 367 g/mol. The van der Waals surface area contributed by atoms with Crippen LogP contribution in [0.15, 0.2) is 24.3 Å². The van der Waals surface area contributed by atoms with Crippen LogP contribution in [0.1, 0.15) is 37.7 Å². The van der Waals surface area contributed by atoms with Crippen molar-refractivity contribution in [2.75, 3.05) is 18.8 Å². The zero-order valence-electron chi connectivity index (χ0n) is 15.3. The van der Waals surface area contributed by atoms with Gasteiger partial charge in [-0.3, -0.25) is 19.3 Å². The molecule has 1 saturated carbocycles. The van der Waals surface area contributed by atoms with Crippen LogP contribution in [0.3, 0.4) is 0 Å². The lowest BCUT2D eigenvalue weighted by atomic mass is 9.81. The van der Waals surface area contributed by atoms with Gasteiger partial charge in [-0.1, -0.05) is 31.0 Å². The SMILES string of the molecule is O=C(CCN1C(=O)C2CCCCC2C1=O)NCCSCc1ccccc1F. The van der Waals surface area contributed by atoms with E-state index in [-0.39, 0.29) is 48.3 Å². The number of hydrogen-bond acceptors (Lipinski definition) is 4. The molecule has 5 nitrogen and oxygen atoms in total. The fourth-order valence-corrected chi connectivity index (χ4v) is 4.66. The van der Waals surface area contributed by atoms with Gasteiger partial charge in [-0.2, -0.15) is 11.8 Å². The van der Waals surface area contributed by atoms with Gasteiger partial charge in [0.2, 0.25) is 17.7 Å². The predicted octanol–water partition coefficient (Wildman–Crippen LogP) is 2.74. The third kappa shape index (κ3) is 4.89. The second kappa shape index (κ2) is 9.35. The third-order valence-corrected chi connectivity index (χ3v) is 6.29. The minimum Gasteiger partial charge on any atom is -0.355 e. The molecule has 1 aromatic carbocycles. The van der Waals surface area contributed by atoms with E-state index in [1.807, 2.05) is 0 Å². The molecule has 1 aromatic rings. The Kier molecular flexibility index (Phi) is 6.88. The molecule has 1 aliphatic carbocycles. The highest BCUT2D eigenvalue weighted by Gasteiger charge is 2.47. The lowest BCUT2D eigenvalue weighted by Crippen LogP contribution is -2.36. The molecule has 0 aromatic heterocycles. The van der Waals surface area contributed by atoms with Crippen molar-refractivity contribution < 1.29 is 18.8 Å². The van der Waals surface area contributed by atoms with E-state index < -0.39 is 0 Å². The Labute approximate surface area is 163 Å². The van der Waals surface area contributed by atoms with Crippen molar-refractivity contribution in [1.29, 1.82) is 0 Å². The summed E-state index contributed by atoms with van der Waals surface area (Å²) in [7, 11) is 0. The molecule has 1 heterocycles. The molecule has 0 radical (unpaired) electrons. The van der Waals surface area contributed by atoms with Crippen LogP contribution in [0.25, 0.3) is 0 Å². The first-order valence-electron chi connectivity index (χ1n) is 9.51. The Morgan fingerprint density at radius 3 is 2.48 bits per heavy atom. The molecule has 2 fully saturated rings. The summed E-state index contributed by atoms with van der Waals surface area (Å²) >= 11 is 1.55. The number of carbonyl (C=O) groups is 3. The molecule has 2 aliphatic rings. The Balaban J connectivity index is 1.33. The van der Waals surface area contributed by atoms with Crippen LogP contribution in [-0.2, 0) is 20.1 Å². The third-order valence-electron chi connectivity index (χ3n) is 5.28. The molecule has 1 aliphatic heterocycles. The summed E-state index contributed by atoms with van der Waals surface area (Å²) in [5, 5.41) is 2.80. The smallest absolute Gasteiger partial charge is 0.233 e. The topological polar surface area (TPSA) is 66.5 Å². The predicted molar refractivity (Wildman–Crippen MR) is 102 cm³/mol. The van der Waals surface area contributed by atoms with E-state index in [0.29, 0.717) is 23.6 Å². The number of imide groups is 1. The van der Waals surface area contributed by atoms with Crippen LogP contribution in [0.5, 0.6) is 0 Å². The van der Waals surface area contributed by atoms with E-state index in [9.17, 15) is 18.8 Å². The molecular formula is C20H25FN2O3S. The van der Waals surface area contributed by atoms with E-state index in [1.165, 1.54) is 11.0 Å². The fraction of sp³-hybridized carbons (Fsp3) is 0.550. The summed E-state index contributed by atoms with van der Waals surface area (Å²) in [6.45, 7) is 0.643. The Morgan fingerprint density at radius 1 is 1.15 bits per heavy atom. The molecule has 3 rings (SSSR count). The molecule has 0 bridgehead atoms. The Bertz CT molecular complexity index is 688. The fourth-order valence-electron chi connectivity index (χ4n) is 3.81. The van der Waals surface area contributed by atoms with Crippen molar-refractivity contribution in [3.8, 4) is 0 Å². The maximum absolute atomic E-state index is 13.5. The first kappa shape index (κ1) is 19.9. The molecule has 2 unspecified atom stereocenters. The van der Waals surface area contributed by atoms with Crippen LogP contribution < -0.4 is 5.32 Å². The van der Waals surface area contributed by atoms with E-state index >= 15 is 0 Å². The van der Waals surface area contributed by atoms with Gasteiger partial charge in [0.05, 0.1) is 11.8 Å². The van der Waals surface area contributed by atoms with E-state index in [2.05, 4.69) is 5.32 Å². The highest BCUT2D eigenvalue weighted by atomic mass is 32.2. The van der Waals surface area contributed by atoms with Crippen LogP contribution in [0.2, 0.25) is 0 Å². The summed E-state index contributed by atoms with van der Waals surface area (Å²) in [6, 6.07) is 6.66. The van der Waals surface area contributed by atoms with Crippen molar-refractivity contribution in [3.63, 3.8) is 0 Å². The molecule has 2 atom stereocenters. The largest absolute Gasteiger partial charge is 0.355 e. The van der Waals surface area contributed by atoms with Crippen LogP contribution in [-0.4, -0.2) is 41.5 Å². The summed E-state index contributed by atoms with van der Waals surface area (Å²) in [5.74, 6) is 0.323. The van der Waals surface area contributed by atoms with Gasteiger partial charge in [-0.15, -0.1) is 0 Å². The average molecular weight is 392 g/mol. The summed E-state index contributed by atoms with van der Waals surface area (Å²) in [4.78, 5) is 38.0. The van der Waals surface area contributed by atoms with Crippen molar-refractivity contribution in [3.05, 3.63) is 35.6 Å². The number of rotatable bonds is 8. The van der Waals surface area contributed by atoms with Crippen LogP contribution >= 0.6 is 11.8 Å². The number of hydrogen-bond donors (Lipinski definition) is 1. The van der Waals surface area contributed by atoms with Gasteiger partial charge >= 0.3 is 0 Å². The van der Waals surface area contributed by atoms with Gasteiger partial charge in [0, 0.05) is 31.0 Å². The summed E-state index contributed by atoms with van der Waals surface area (Å²) in [6.07, 6.45) is 3.71. The van der Waals surface area contributed by atoms with E-state index in [1.54, 1.807) is 30.0 Å². The standard InChI is InChI=1S/C20H25FN2O3S/c21-17-8-4-1-5-14(17)13-27-12-10-22-18(24)9-11-23-19(25)15-6-2-3-7-16(15)20(23)26/h1,4-5,8,15-16H,2-3,6-7,9-13H2,(H,22,24). The lowest BCUT2D eigenvalue weighted by Gasteiger charge is -2.19. The molecule has 1 saturated heterocycles. The lowest BCUT2D eigenvalue weighted by molar-refractivity contribution is -0.140. The van der Waals surface area contributed by atoms with E-state index in [0.717, 1.165) is 25.7 Å². The van der Waals surface area contributed by atoms with Crippen molar-refractivity contribution in [2.24, 2.45) is 11.8 Å². The normalized spacial score (nSPS) is 22.0. The monoisotopic (exact) mass is 392 g/mol. The molecule has 7 heteroatoms. The maximum Gasteiger partial charge on any atom is 0.233 e. The summed E-state index contributed by atoms with van der Waals surface area (Å²) in [5.41, 5.74) is 0.654. The van der Waals surface area contributed by atoms with Crippen LogP contribution in [0, 0.1) is 17.7 Å². The Hall–Kier alpha value is -1.89. The Morgan fingerprint density at radius 2 is 1.81 bits per heavy atom. The first-order valence-corrected chi connectivity index (χ1v) is 10.7. The number of nitrogens with one attached hydrogen (secondary N) is 1. The van der Waals surface area contributed by atoms with E-state index in [4.69, 9.17) is 0 Å².